The Bertz CT molecular complexity index is 545. The number of benzene rings is 1. The molecular formula is C20H32N2O2S. The van der Waals surface area contributed by atoms with Crippen LogP contribution in [0.3, 0.4) is 0 Å². The number of rotatable bonds is 10. The molecule has 0 bridgehead atoms. The minimum atomic E-state index is -0.213. The van der Waals surface area contributed by atoms with Crippen LogP contribution < -0.4 is 5.32 Å². The smallest absolute Gasteiger partial charge is 0.235 e. The topological polar surface area (TPSA) is 49.4 Å². The summed E-state index contributed by atoms with van der Waals surface area (Å²) in [6, 6.07) is 7.95. The molecule has 0 aliphatic carbocycles. The maximum absolute atomic E-state index is 12.7. The van der Waals surface area contributed by atoms with E-state index < -0.39 is 0 Å². The van der Waals surface area contributed by atoms with Gasteiger partial charge in [0.1, 0.15) is 0 Å². The monoisotopic (exact) mass is 364 g/mol. The molecule has 2 atom stereocenters. The molecule has 4 nitrogen and oxygen atoms in total. The summed E-state index contributed by atoms with van der Waals surface area (Å²) in [4.78, 5) is 26.8. The molecular weight excluding hydrogens is 332 g/mol. The van der Waals surface area contributed by atoms with Crippen molar-refractivity contribution in [2.24, 2.45) is 0 Å². The lowest BCUT2D eigenvalue weighted by Crippen LogP contribution is -2.43. The fraction of sp³-hybridized carbons (Fsp3) is 0.600. The Hall–Kier alpha value is -1.49. The third-order valence-corrected chi connectivity index (χ3v) is 5.44. The number of carbonyl (C=O) groups is 2. The SMILES string of the molecule is CCCCN(C(=O)C(C)SCC(=O)Nc1ccc(C)cc1)C(C)CC. The Morgan fingerprint density at radius 3 is 2.36 bits per heavy atom. The average molecular weight is 365 g/mol. The number of nitrogens with zero attached hydrogens (tertiary/aromatic N) is 1. The summed E-state index contributed by atoms with van der Waals surface area (Å²) in [7, 11) is 0. The lowest BCUT2D eigenvalue weighted by Gasteiger charge is -2.31. The maximum atomic E-state index is 12.7. The highest BCUT2D eigenvalue weighted by Crippen LogP contribution is 2.18. The summed E-state index contributed by atoms with van der Waals surface area (Å²) in [5, 5.41) is 2.66. The molecule has 25 heavy (non-hydrogen) atoms. The largest absolute Gasteiger partial charge is 0.339 e. The standard InChI is InChI=1S/C20H32N2O2S/c1-6-8-13-22(16(4)7-2)20(24)17(5)25-14-19(23)21-18-11-9-15(3)10-12-18/h9-12,16-17H,6-8,13-14H2,1-5H3,(H,21,23). The fourth-order valence-electron chi connectivity index (χ4n) is 2.44. The second-order valence-electron chi connectivity index (χ2n) is 6.51. The molecule has 0 saturated heterocycles. The zero-order valence-electron chi connectivity index (χ0n) is 16.2. The van der Waals surface area contributed by atoms with E-state index in [0.717, 1.165) is 37.1 Å². The zero-order chi connectivity index (χ0) is 18.8. The summed E-state index contributed by atoms with van der Waals surface area (Å²) < 4.78 is 0. The molecule has 2 amide bonds. The zero-order valence-corrected chi connectivity index (χ0v) is 17.0. The Balaban J connectivity index is 2.52. The van der Waals surface area contributed by atoms with Crippen molar-refractivity contribution in [2.45, 2.75) is 65.2 Å². The number of unbranched alkanes of at least 4 members (excludes halogenated alkanes) is 1. The van der Waals surface area contributed by atoms with Gasteiger partial charge in [-0.15, -0.1) is 11.8 Å². The van der Waals surface area contributed by atoms with Crippen molar-refractivity contribution in [1.29, 1.82) is 0 Å². The second kappa shape index (κ2) is 11.2. The van der Waals surface area contributed by atoms with Crippen molar-refractivity contribution in [2.75, 3.05) is 17.6 Å². The van der Waals surface area contributed by atoms with E-state index in [2.05, 4.69) is 26.1 Å². The molecule has 1 aromatic carbocycles. The molecule has 0 aromatic heterocycles. The molecule has 2 unspecified atom stereocenters. The quantitative estimate of drug-likeness (QED) is 0.666. The molecule has 0 heterocycles. The first-order chi connectivity index (χ1) is 11.9. The predicted octanol–water partition coefficient (Wildman–Crippen LogP) is 4.48. The summed E-state index contributed by atoms with van der Waals surface area (Å²) in [5.74, 6) is 0.344. The summed E-state index contributed by atoms with van der Waals surface area (Å²) in [6.07, 6.45) is 3.03. The number of hydrogen-bond donors (Lipinski definition) is 1. The van der Waals surface area contributed by atoms with E-state index in [1.807, 2.05) is 43.0 Å². The number of amides is 2. The first-order valence-electron chi connectivity index (χ1n) is 9.17. The minimum absolute atomic E-state index is 0.0721. The van der Waals surface area contributed by atoms with Crippen LogP contribution in [0.15, 0.2) is 24.3 Å². The number of aryl methyl sites for hydroxylation is 1. The molecule has 1 N–H and O–H groups in total. The first-order valence-corrected chi connectivity index (χ1v) is 10.2. The molecule has 0 aliphatic rings. The van der Waals surface area contributed by atoms with Gasteiger partial charge in [-0.3, -0.25) is 9.59 Å². The van der Waals surface area contributed by atoms with Crippen LogP contribution in [0.1, 0.15) is 52.5 Å². The maximum Gasteiger partial charge on any atom is 0.235 e. The number of nitrogens with one attached hydrogen (secondary N) is 1. The van der Waals surface area contributed by atoms with Crippen molar-refractivity contribution in [1.82, 2.24) is 4.90 Å². The van der Waals surface area contributed by atoms with E-state index in [1.54, 1.807) is 0 Å². The van der Waals surface area contributed by atoms with Gasteiger partial charge in [0.05, 0.1) is 11.0 Å². The minimum Gasteiger partial charge on any atom is -0.339 e. The van der Waals surface area contributed by atoms with E-state index in [9.17, 15) is 9.59 Å². The van der Waals surface area contributed by atoms with Crippen molar-refractivity contribution >= 4 is 29.3 Å². The Labute approximate surface area is 156 Å². The van der Waals surface area contributed by atoms with Gasteiger partial charge in [0.2, 0.25) is 11.8 Å². The summed E-state index contributed by atoms with van der Waals surface area (Å²) >= 11 is 1.40. The highest BCUT2D eigenvalue weighted by molar-refractivity contribution is 8.01. The van der Waals surface area contributed by atoms with Gasteiger partial charge in [0.15, 0.2) is 0 Å². The van der Waals surface area contributed by atoms with Crippen LogP contribution >= 0.6 is 11.8 Å². The van der Waals surface area contributed by atoms with Crippen molar-refractivity contribution < 1.29 is 9.59 Å². The number of thioether (sulfide) groups is 1. The number of hydrogen-bond acceptors (Lipinski definition) is 3. The molecule has 140 valence electrons. The van der Waals surface area contributed by atoms with Crippen LogP contribution in [-0.2, 0) is 9.59 Å². The van der Waals surface area contributed by atoms with Gasteiger partial charge in [-0.1, -0.05) is 38.0 Å². The average Bonchev–Trinajstić information content (AvgIpc) is 2.61. The van der Waals surface area contributed by atoms with Crippen LogP contribution in [0, 0.1) is 6.92 Å². The van der Waals surface area contributed by atoms with Crippen LogP contribution in [-0.4, -0.2) is 40.3 Å². The molecule has 1 rings (SSSR count). The van der Waals surface area contributed by atoms with Gasteiger partial charge in [-0.25, -0.2) is 0 Å². The van der Waals surface area contributed by atoms with Crippen molar-refractivity contribution in [3.05, 3.63) is 29.8 Å². The molecule has 0 aliphatic heterocycles. The molecule has 0 spiro atoms. The van der Waals surface area contributed by atoms with Gasteiger partial charge in [-0.05, 0) is 45.7 Å². The highest BCUT2D eigenvalue weighted by atomic mass is 32.2. The number of carbonyl (C=O) groups excluding carboxylic acids is 2. The lowest BCUT2D eigenvalue weighted by molar-refractivity contribution is -0.132. The normalized spacial score (nSPS) is 13.2. The van der Waals surface area contributed by atoms with Gasteiger partial charge in [0.25, 0.3) is 0 Å². The Kier molecular flexibility index (Phi) is 9.65. The van der Waals surface area contributed by atoms with E-state index >= 15 is 0 Å². The van der Waals surface area contributed by atoms with Gasteiger partial charge in [0, 0.05) is 18.3 Å². The molecule has 0 saturated carbocycles. The molecule has 0 radical (unpaired) electrons. The molecule has 5 heteroatoms. The predicted molar refractivity (Wildman–Crippen MR) is 108 cm³/mol. The third kappa shape index (κ3) is 7.51. The van der Waals surface area contributed by atoms with Crippen molar-refractivity contribution in [3.8, 4) is 0 Å². The molecule has 1 aromatic rings. The Morgan fingerprint density at radius 2 is 1.80 bits per heavy atom. The van der Waals surface area contributed by atoms with Gasteiger partial charge < -0.3 is 10.2 Å². The summed E-state index contributed by atoms with van der Waals surface area (Å²) in [6.45, 7) is 11.0. The van der Waals surface area contributed by atoms with Crippen LogP contribution in [0.4, 0.5) is 5.69 Å². The second-order valence-corrected chi connectivity index (χ2v) is 7.84. The lowest BCUT2D eigenvalue weighted by atomic mass is 10.2. The summed E-state index contributed by atoms with van der Waals surface area (Å²) in [5.41, 5.74) is 1.95. The molecule has 0 fully saturated rings. The highest BCUT2D eigenvalue weighted by Gasteiger charge is 2.24. The first kappa shape index (κ1) is 21.6. The van der Waals surface area contributed by atoms with Gasteiger partial charge in [-0.2, -0.15) is 0 Å². The van der Waals surface area contributed by atoms with E-state index in [4.69, 9.17) is 0 Å². The number of anilines is 1. The van der Waals surface area contributed by atoms with E-state index in [-0.39, 0.29) is 28.9 Å². The van der Waals surface area contributed by atoms with E-state index in [1.165, 1.54) is 11.8 Å². The third-order valence-electron chi connectivity index (χ3n) is 4.31. The van der Waals surface area contributed by atoms with Crippen molar-refractivity contribution in [3.63, 3.8) is 0 Å². The van der Waals surface area contributed by atoms with Gasteiger partial charge >= 0.3 is 0 Å². The van der Waals surface area contributed by atoms with Crippen LogP contribution in [0.25, 0.3) is 0 Å². The van der Waals surface area contributed by atoms with Crippen LogP contribution in [0.5, 0.6) is 0 Å². The fourth-order valence-corrected chi connectivity index (χ4v) is 3.19. The Morgan fingerprint density at radius 1 is 1.16 bits per heavy atom. The van der Waals surface area contributed by atoms with E-state index in [0.29, 0.717) is 0 Å². The van der Waals surface area contributed by atoms with Crippen LogP contribution in [0.2, 0.25) is 0 Å².